The number of amides is 1. The third-order valence-corrected chi connectivity index (χ3v) is 4.21. The molecule has 4 heteroatoms. The molecule has 1 aromatic rings. The van der Waals surface area contributed by atoms with Crippen LogP contribution in [-0.4, -0.2) is 17.1 Å². The van der Waals surface area contributed by atoms with Crippen molar-refractivity contribution in [3.63, 3.8) is 0 Å². The Bertz CT molecular complexity index is 344. The van der Waals surface area contributed by atoms with Gasteiger partial charge in [0.05, 0.1) is 6.10 Å². The maximum Gasteiger partial charge on any atom is 0.220 e. The Morgan fingerprint density at radius 3 is 2.94 bits per heavy atom. The number of nitrogens with one attached hydrogen (secondary N) is 1. The number of carbonyl (C=O) groups excluding carboxylic acids is 1. The van der Waals surface area contributed by atoms with Crippen LogP contribution >= 0.6 is 11.3 Å². The molecule has 94 valence electrons. The molecule has 1 unspecified atom stereocenters. The number of thiophene rings is 1. The van der Waals surface area contributed by atoms with E-state index in [0.717, 1.165) is 17.7 Å². The number of hydrogen-bond acceptors (Lipinski definition) is 3. The highest BCUT2D eigenvalue weighted by Crippen LogP contribution is 2.23. The van der Waals surface area contributed by atoms with Crippen molar-refractivity contribution in [3.05, 3.63) is 22.4 Å². The van der Waals surface area contributed by atoms with Crippen LogP contribution in [0.25, 0.3) is 0 Å². The lowest BCUT2D eigenvalue weighted by Crippen LogP contribution is -2.32. The van der Waals surface area contributed by atoms with Crippen LogP contribution in [0.5, 0.6) is 0 Å². The van der Waals surface area contributed by atoms with Crippen molar-refractivity contribution < 1.29 is 9.90 Å². The smallest absolute Gasteiger partial charge is 0.220 e. The van der Waals surface area contributed by atoms with Gasteiger partial charge in [0.2, 0.25) is 5.91 Å². The SMILES string of the molecule is O=C(CCC(O)c1cccs1)NC1CCCC1. The van der Waals surface area contributed by atoms with Crippen molar-refractivity contribution in [2.24, 2.45) is 0 Å². The van der Waals surface area contributed by atoms with Gasteiger partial charge in [0, 0.05) is 17.3 Å². The molecule has 1 amide bonds. The number of aliphatic hydroxyl groups is 1. The van der Waals surface area contributed by atoms with E-state index in [1.54, 1.807) is 0 Å². The molecule has 0 radical (unpaired) electrons. The summed E-state index contributed by atoms with van der Waals surface area (Å²) in [4.78, 5) is 12.6. The topological polar surface area (TPSA) is 49.3 Å². The normalized spacial score (nSPS) is 18.2. The molecular weight excluding hydrogens is 234 g/mol. The van der Waals surface area contributed by atoms with Crippen molar-refractivity contribution in [1.82, 2.24) is 5.32 Å². The highest BCUT2D eigenvalue weighted by Gasteiger charge is 2.18. The van der Waals surface area contributed by atoms with Gasteiger partial charge in [0.25, 0.3) is 0 Å². The van der Waals surface area contributed by atoms with E-state index in [-0.39, 0.29) is 5.91 Å². The van der Waals surface area contributed by atoms with Gasteiger partial charge in [-0.1, -0.05) is 18.9 Å². The summed E-state index contributed by atoms with van der Waals surface area (Å²) in [6.07, 6.45) is 5.10. The van der Waals surface area contributed by atoms with E-state index >= 15 is 0 Å². The van der Waals surface area contributed by atoms with Gasteiger partial charge >= 0.3 is 0 Å². The molecule has 1 fully saturated rings. The largest absolute Gasteiger partial charge is 0.388 e. The maximum atomic E-state index is 11.7. The van der Waals surface area contributed by atoms with E-state index in [9.17, 15) is 9.90 Å². The molecule has 1 aliphatic carbocycles. The minimum atomic E-state index is -0.496. The molecule has 1 saturated carbocycles. The van der Waals surface area contributed by atoms with Crippen LogP contribution in [0.15, 0.2) is 17.5 Å². The van der Waals surface area contributed by atoms with Crippen LogP contribution in [0.1, 0.15) is 49.5 Å². The van der Waals surface area contributed by atoms with E-state index in [1.165, 1.54) is 24.2 Å². The van der Waals surface area contributed by atoms with Crippen LogP contribution in [-0.2, 0) is 4.79 Å². The fourth-order valence-corrected chi connectivity index (χ4v) is 3.01. The summed E-state index contributed by atoms with van der Waals surface area (Å²) in [6, 6.07) is 4.20. The van der Waals surface area contributed by atoms with E-state index in [4.69, 9.17) is 0 Å². The van der Waals surface area contributed by atoms with Gasteiger partial charge in [0.1, 0.15) is 0 Å². The average molecular weight is 253 g/mol. The van der Waals surface area contributed by atoms with Gasteiger partial charge in [-0.25, -0.2) is 0 Å². The molecule has 3 nitrogen and oxygen atoms in total. The third kappa shape index (κ3) is 3.82. The fraction of sp³-hybridized carbons (Fsp3) is 0.615. The van der Waals surface area contributed by atoms with Crippen LogP contribution < -0.4 is 5.32 Å². The first-order chi connectivity index (χ1) is 8.25. The number of rotatable bonds is 5. The summed E-state index contributed by atoms with van der Waals surface area (Å²) in [5.41, 5.74) is 0. The Hall–Kier alpha value is -0.870. The predicted molar refractivity (Wildman–Crippen MR) is 68.9 cm³/mol. The summed E-state index contributed by atoms with van der Waals surface area (Å²) in [7, 11) is 0. The highest BCUT2D eigenvalue weighted by molar-refractivity contribution is 7.10. The van der Waals surface area contributed by atoms with Gasteiger partial charge in [-0.15, -0.1) is 11.3 Å². The van der Waals surface area contributed by atoms with Gasteiger partial charge in [-0.2, -0.15) is 0 Å². The lowest BCUT2D eigenvalue weighted by molar-refractivity contribution is -0.122. The van der Waals surface area contributed by atoms with Crippen LogP contribution in [0.3, 0.4) is 0 Å². The molecule has 1 atom stereocenters. The van der Waals surface area contributed by atoms with Gasteiger partial charge in [-0.05, 0) is 30.7 Å². The monoisotopic (exact) mass is 253 g/mol. The first kappa shape index (κ1) is 12.6. The van der Waals surface area contributed by atoms with Crippen molar-refractivity contribution in [2.45, 2.75) is 50.7 Å². The summed E-state index contributed by atoms with van der Waals surface area (Å²) >= 11 is 1.53. The second-order valence-corrected chi connectivity index (χ2v) is 5.60. The van der Waals surface area contributed by atoms with Gasteiger partial charge < -0.3 is 10.4 Å². The Morgan fingerprint density at radius 2 is 2.29 bits per heavy atom. The Balaban J connectivity index is 1.68. The van der Waals surface area contributed by atoms with Crippen molar-refractivity contribution in [2.75, 3.05) is 0 Å². The van der Waals surface area contributed by atoms with Crippen molar-refractivity contribution >= 4 is 17.2 Å². The number of hydrogen-bond donors (Lipinski definition) is 2. The zero-order valence-electron chi connectivity index (χ0n) is 9.89. The summed E-state index contributed by atoms with van der Waals surface area (Å²) in [5, 5.41) is 14.8. The van der Waals surface area contributed by atoms with Crippen molar-refractivity contribution in [3.8, 4) is 0 Å². The van der Waals surface area contributed by atoms with Crippen molar-refractivity contribution in [1.29, 1.82) is 0 Å². The highest BCUT2D eigenvalue weighted by atomic mass is 32.1. The molecule has 2 N–H and O–H groups in total. The van der Waals surface area contributed by atoms with Crippen LogP contribution in [0.2, 0.25) is 0 Å². The lowest BCUT2D eigenvalue weighted by Gasteiger charge is -2.13. The molecule has 0 saturated heterocycles. The Morgan fingerprint density at radius 1 is 1.53 bits per heavy atom. The molecule has 1 aromatic heterocycles. The number of carbonyl (C=O) groups is 1. The minimum Gasteiger partial charge on any atom is -0.388 e. The van der Waals surface area contributed by atoms with E-state index in [2.05, 4.69) is 5.32 Å². The molecule has 0 aromatic carbocycles. The van der Waals surface area contributed by atoms with Gasteiger partial charge in [-0.3, -0.25) is 4.79 Å². The van der Waals surface area contributed by atoms with Crippen LogP contribution in [0, 0.1) is 0 Å². The predicted octanol–water partition coefficient (Wildman–Crippen LogP) is 2.62. The number of aliphatic hydroxyl groups excluding tert-OH is 1. The van der Waals surface area contributed by atoms with Gasteiger partial charge in [0.15, 0.2) is 0 Å². The quantitative estimate of drug-likeness (QED) is 0.847. The molecule has 17 heavy (non-hydrogen) atoms. The molecule has 2 rings (SSSR count). The van der Waals surface area contributed by atoms with E-state index in [1.807, 2.05) is 17.5 Å². The fourth-order valence-electron chi connectivity index (χ4n) is 2.26. The van der Waals surface area contributed by atoms with Crippen LogP contribution in [0.4, 0.5) is 0 Å². The summed E-state index contributed by atoms with van der Waals surface area (Å²) in [5.74, 6) is 0.0764. The zero-order chi connectivity index (χ0) is 12.1. The zero-order valence-corrected chi connectivity index (χ0v) is 10.7. The average Bonchev–Trinajstić information content (AvgIpc) is 2.97. The summed E-state index contributed by atoms with van der Waals surface area (Å²) < 4.78 is 0. The molecule has 0 spiro atoms. The molecule has 1 aliphatic rings. The minimum absolute atomic E-state index is 0.0764. The van der Waals surface area contributed by atoms with E-state index in [0.29, 0.717) is 18.9 Å². The Kier molecular flexibility index (Phi) is 4.57. The molecular formula is C13H19NO2S. The Labute approximate surface area is 106 Å². The second-order valence-electron chi connectivity index (χ2n) is 4.62. The first-order valence-corrected chi connectivity index (χ1v) is 7.14. The molecule has 0 aliphatic heterocycles. The van der Waals surface area contributed by atoms with E-state index < -0.39 is 6.10 Å². The first-order valence-electron chi connectivity index (χ1n) is 6.26. The second kappa shape index (κ2) is 6.17. The maximum absolute atomic E-state index is 11.7. The third-order valence-electron chi connectivity index (χ3n) is 3.24. The lowest BCUT2D eigenvalue weighted by atomic mass is 10.1. The summed E-state index contributed by atoms with van der Waals surface area (Å²) in [6.45, 7) is 0. The standard InChI is InChI=1S/C13H19NO2S/c15-11(12-6-3-9-17-12)7-8-13(16)14-10-4-1-2-5-10/h3,6,9-11,15H,1-2,4-5,7-8H2,(H,14,16). The molecule has 0 bridgehead atoms. The molecule has 1 heterocycles.